The summed E-state index contributed by atoms with van der Waals surface area (Å²) in [5, 5.41) is 0. The summed E-state index contributed by atoms with van der Waals surface area (Å²) in [5.41, 5.74) is 0. The molecule has 88 valence electrons. The minimum Gasteiger partial charge on any atom is -0.468 e. The van der Waals surface area contributed by atoms with Crippen LogP contribution >= 0.6 is 0 Å². The Bertz CT molecular complexity index is 207. The number of hydrogen-bond donors (Lipinski definition) is 0. The molecule has 0 aromatic rings. The van der Waals surface area contributed by atoms with Gasteiger partial charge in [-0.3, -0.25) is 9.69 Å². The third kappa shape index (κ3) is 7.90. The lowest BCUT2D eigenvalue weighted by atomic mass is 10.5. The standard InChI is InChI=1S/C9H17NO5/c1-10(6-8(11)13-2)4-5-15-7-9(12)14-3/h4-7H2,1-3H3. The van der Waals surface area contributed by atoms with Crippen molar-refractivity contribution < 1.29 is 23.8 Å². The number of methoxy groups -OCH3 is 2. The molecule has 15 heavy (non-hydrogen) atoms. The van der Waals surface area contributed by atoms with Gasteiger partial charge in [-0.25, -0.2) is 4.79 Å². The number of hydrogen-bond acceptors (Lipinski definition) is 6. The number of esters is 2. The lowest BCUT2D eigenvalue weighted by molar-refractivity contribution is -0.146. The van der Waals surface area contributed by atoms with Crippen molar-refractivity contribution in [3.05, 3.63) is 0 Å². The summed E-state index contributed by atoms with van der Waals surface area (Å²) in [6, 6.07) is 0. The molecular weight excluding hydrogens is 202 g/mol. The summed E-state index contributed by atoms with van der Waals surface area (Å²) in [4.78, 5) is 23.2. The molecule has 0 radical (unpaired) electrons. The van der Waals surface area contributed by atoms with Crippen LogP contribution in [0.5, 0.6) is 0 Å². The molecule has 0 N–H and O–H groups in total. The summed E-state index contributed by atoms with van der Waals surface area (Å²) >= 11 is 0. The Hall–Kier alpha value is -1.14. The fraction of sp³-hybridized carbons (Fsp3) is 0.778. The fourth-order valence-electron chi connectivity index (χ4n) is 0.799. The van der Waals surface area contributed by atoms with Gasteiger partial charge in [0.25, 0.3) is 0 Å². The molecule has 0 rings (SSSR count). The summed E-state index contributed by atoms with van der Waals surface area (Å²) in [6.45, 7) is 1.05. The highest BCUT2D eigenvalue weighted by Gasteiger charge is 2.06. The predicted molar refractivity (Wildman–Crippen MR) is 52.3 cm³/mol. The van der Waals surface area contributed by atoms with E-state index in [0.717, 1.165) is 0 Å². The van der Waals surface area contributed by atoms with Crippen molar-refractivity contribution in [3.63, 3.8) is 0 Å². The Morgan fingerprint density at radius 2 is 1.73 bits per heavy atom. The molecular formula is C9H17NO5. The van der Waals surface area contributed by atoms with Gasteiger partial charge in [0.2, 0.25) is 0 Å². The van der Waals surface area contributed by atoms with E-state index in [2.05, 4.69) is 9.47 Å². The maximum Gasteiger partial charge on any atom is 0.331 e. The lowest BCUT2D eigenvalue weighted by Crippen LogP contribution is -2.30. The fourth-order valence-corrected chi connectivity index (χ4v) is 0.799. The number of carbonyl (C=O) groups excluding carboxylic acids is 2. The van der Waals surface area contributed by atoms with Crippen molar-refractivity contribution in [1.29, 1.82) is 0 Å². The van der Waals surface area contributed by atoms with Gasteiger partial charge in [-0.1, -0.05) is 0 Å². The molecule has 0 saturated carbocycles. The largest absolute Gasteiger partial charge is 0.468 e. The van der Waals surface area contributed by atoms with Crippen LogP contribution in [0.15, 0.2) is 0 Å². The Morgan fingerprint density at radius 3 is 2.27 bits per heavy atom. The van der Waals surface area contributed by atoms with Crippen LogP contribution in [0.1, 0.15) is 0 Å². The molecule has 0 atom stereocenters. The van der Waals surface area contributed by atoms with Gasteiger partial charge in [0, 0.05) is 6.54 Å². The van der Waals surface area contributed by atoms with Crippen LogP contribution in [0.25, 0.3) is 0 Å². The first-order chi connectivity index (χ1) is 7.10. The number of carbonyl (C=O) groups is 2. The number of rotatable bonds is 7. The first-order valence-corrected chi connectivity index (χ1v) is 4.50. The van der Waals surface area contributed by atoms with Crippen molar-refractivity contribution in [2.45, 2.75) is 0 Å². The number of ether oxygens (including phenoxy) is 3. The highest BCUT2D eigenvalue weighted by Crippen LogP contribution is 1.86. The van der Waals surface area contributed by atoms with Crippen LogP contribution in [0.2, 0.25) is 0 Å². The average molecular weight is 219 g/mol. The molecule has 0 unspecified atom stereocenters. The molecule has 0 saturated heterocycles. The van der Waals surface area contributed by atoms with Crippen molar-refractivity contribution in [2.24, 2.45) is 0 Å². The first kappa shape index (κ1) is 13.9. The van der Waals surface area contributed by atoms with Crippen LogP contribution in [0, 0.1) is 0 Å². The Morgan fingerprint density at radius 1 is 1.13 bits per heavy atom. The van der Waals surface area contributed by atoms with Crippen LogP contribution < -0.4 is 0 Å². The zero-order valence-corrected chi connectivity index (χ0v) is 9.32. The van der Waals surface area contributed by atoms with Gasteiger partial charge in [0.1, 0.15) is 6.61 Å². The number of nitrogens with zero attached hydrogens (tertiary/aromatic N) is 1. The smallest absolute Gasteiger partial charge is 0.331 e. The van der Waals surface area contributed by atoms with E-state index >= 15 is 0 Å². The van der Waals surface area contributed by atoms with Gasteiger partial charge < -0.3 is 14.2 Å². The molecule has 6 nitrogen and oxygen atoms in total. The van der Waals surface area contributed by atoms with Gasteiger partial charge in [0.05, 0.1) is 27.4 Å². The van der Waals surface area contributed by atoms with Crippen molar-refractivity contribution >= 4 is 11.9 Å². The molecule has 0 aliphatic carbocycles. The molecule has 0 fully saturated rings. The SMILES string of the molecule is COC(=O)COCCN(C)CC(=O)OC. The summed E-state index contributed by atoms with van der Waals surface area (Å²) in [7, 11) is 4.40. The highest BCUT2D eigenvalue weighted by molar-refractivity contribution is 5.71. The van der Waals surface area contributed by atoms with Gasteiger partial charge in [-0.2, -0.15) is 0 Å². The van der Waals surface area contributed by atoms with Crippen molar-refractivity contribution in [1.82, 2.24) is 4.90 Å². The molecule has 0 aliphatic heterocycles. The second-order valence-corrected chi connectivity index (χ2v) is 2.94. The van der Waals surface area contributed by atoms with E-state index in [1.807, 2.05) is 0 Å². The molecule has 0 aromatic heterocycles. The quantitative estimate of drug-likeness (QED) is 0.416. The van der Waals surface area contributed by atoms with Gasteiger partial charge >= 0.3 is 11.9 Å². The molecule has 6 heteroatoms. The monoisotopic (exact) mass is 219 g/mol. The van der Waals surface area contributed by atoms with Crippen molar-refractivity contribution in [2.75, 3.05) is 47.6 Å². The summed E-state index contributed by atoms with van der Waals surface area (Å²) in [6.07, 6.45) is 0. The summed E-state index contributed by atoms with van der Waals surface area (Å²) < 4.78 is 13.9. The minimum atomic E-state index is -0.411. The van der Waals surface area contributed by atoms with Crippen LogP contribution in [0.3, 0.4) is 0 Å². The summed E-state index contributed by atoms with van der Waals surface area (Å²) in [5.74, 6) is -0.712. The first-order valence-electron chi connectivity index (χ1n) is 4.50. The van der Waals surface area contributed by atoms with E-state index in [1.54, 1.807) is 11.9 Å². The van der Waals surface area contributed by atoms with E-state index in [0.29, 0.717) is 13.2 Å². The third-order valence-corrected chi connectivity index (χ3v) is 1.69. The van der Waals surface area contributed by atoms with E-state index in [1.165, 1.54) is 14.2 Å². The van der Waals surface area contributed by atoms with E-state index in [9.17, 15) is 9.59 Å². The zero-order chi connectivity index (χ0) is 11.7. The lowest BCUT2D eigenvalue weighted by Gasteiger charge is -2.14. The normalized spacial score (nSPS) is 10.1. The van der Waals surface area contributed by atoms with E-state index in [-0.39, 0.29) is 19.1 Å². The molecule has 0 amide bonds. The second kappa shape index (κ2) is 8.19. The third-order valence-electron chi connectivity index (χ3n) is 1.69. The van der Waals surface area contributed by atoms with Crippen molar-refractivity contribution in [3.8, 4) is 0 Å². The molecule has 0 bridgehead atoms. The molecule has 0 aliphatic rings. The molecule has 0 heterocycles. The molecule has 0 aromatic carbocycles. The number of likely N-dealkylation sites (N-methyl/N-ethyl adjacent to an activating group) is 1. The topological polar surface area (TPSA) is 65.1 Å². The maximum absolute atomic E-state index is 10.8. The van der Waals surface area contributed by atoms with Crippen LogP contribution in [-0.2, 0) is 23.8 Å². The van der Waals surface area contributed by atoms with Gasteiger partial charge in [-0.15, -0.1) is 0 Å². The van der Waals surface area contributed by atoms with Crippen LogP contribution in [-0.4, -0.2) is 64.4 Å². The Labute approximate surface area is 89.1 Å². The predicted octanol–water partition coefficient (Wildman–Crippen LogP) is -0.719. The minimum absolute atomic E-state index is 0.0669. The molecule has 0 spiro atoms. The van der Waals surface area contributed by atoms with Gasteiger partial charge in [0.15, 0.2) is 0 Å². The van der Waals surface area contributed by atoms with Crippen LogP contribution in [0.4, 0.5) is 0 Å². The Balaban J connectivity index is 3.42. The zero-order valence-electron chi connectivity index (χ0n) is 9.32. The van der Waals surface area contributed by atoms with Gasteiger partial charge in [-0.05, 0) is 7.05 Å². The Kier molecular flexibility index (Phi) is 7.57. The van der Waals surface area contributed by atoms with E-state index < -0.39 is 5.97 Å². The average Bonchev–Trinajstić information content (AvgIpc) is 2.23. The highest BCUT2D eigenvalue weighted by atomic mass is 16.6. The second-order valence-electron chi connectivity index (χ2n) is 2.94. The maximum atomic E-state index is 10.8. The van der Waals surface area contributed by atoms with E-state index in [4.69, 9.17) is 4.74 Å².